The number of carbonyl (C=O) groups is 3. The van der Waals surface area contributed by atoms with Crippen LogP contribution in [0.25, 0.3) is 0 Å². The van der Waals surface area contributed by atoms with Gasteiger partial charge in [-0.05, 0) is 67.9 Å². The highest BCUT2D eigenvalue weighted by atomic mass is 16.4. The second kappa shape index (κ2) is 11.7. The highest BCUT2D eigenvalue weighted by Gasteiger charge is 2.53. The molecule has 2 aromatic rings. The Morgan fingerprint density at radius 3 is 2.10 bits per heavy atom. The molecule has 1 aromatic carbocycles. The number of rotatable bonds is 8. The lowest BCUT2D eigenvalue weighted by molar-refractivity contribution is -0.170. The van der Waals surface area contributed by atoms with Crippen molar-refractivity contribution in [3.63, 3.8) is 0 Å². The quantitative estimate of drug-likeness (QED) is 0.286. The molecule has 4 rings (SSSR count). The van der Waals surface area contributed by atoms with E-state index in [1.165, 1.54) is 5.56 Å². The van der Waals surface area contributed by atoms with Gasteiger partial charge in [-0.2, -0.15) is 0 Å². The number of fused-ring (bicyclic) bond motifs is 1. The molecule has 1 saturated carbocycles. The number of hydrogen-bond donors (Lipinski definition) is 6. The van der Waals surface area contributed by atoms with E-state index < -0.39 is 42.0 Å². The molecule has 6 N–H and O–H groups in total. The van der Waals surface area contributed by atoms with Crippen LogP contribution in [0.1, 0.15) is 53.6 Å². The first kappa shape index (κ1) is 30.0. The normalized spacial score (nSPS) is 22.6. The second-order valence-electron chi connectivity index (χ2n) is 10.8. The van der Waals surface area contributed by atoms with E-state index >= 15 is 0 Å². The van der Waals surface area contributed by atoms with Crippen molar-refractivity contribution in [3.05, 3.63) is 58.4 Å². The molecule has 212 valence electrons. The lowest BCUT2D eigenvalue weighted by Crippen LogP contribution is -2.42. The van der Waals surface area contributed by atoms with Gasteiger partial charge in [0.25, 0.3) is 0 Å². The van der Waals surface area contributed by atoms with Gasteiger partial charge in [0.2, 0.25) is 0 Å². The summed E-state index contributed by atoms with van der Waals surface area (Å²) in [5.41, 5.74) is 1.51. The van der Waals surface area contributed by atoms with Crippen LogP contribution in [0.5, 0.6) is 5.75 Å². The van der Waals surface area contributed by atoms with E-state index in [0.717, 1.165) is 54.9 Å². The monoisotopic (exact) mass is 544 g/mol. The SMILES string of the molecule is Cc1ccc([C@]2(O)CC[C@H]3CN(Cc4cc(C)c(O)c(C)c4)C[C@H]32)nc1.O=C(O)CC(O)(CC(=O)O)C(=O)O. The maximum absolute atomic E-state index is 11.4. The smallest absolute Gasteiger partial charge is 0.336 e. The second-order valence-corrected chi connectivity index (χ2v) is 10.8. The Morgan fingerprint density at radius 2 is 1.62 bits per heavy atom. The number of phenols is 1. The summed E-state index contributed by atoms with van der Waals surface area (Å²) in [7, 11) is 0. The summed E-state index contributed by atoms with van der Waals surface area (Å²) in [6.45, 7) is 8.72. The number of hydrogen-bond acceptors (Lipinski definition) is 8. The van der Waals surface area contributed by atoms with Crippen molar-refractivity contribution in [1.82, 2.24) is 9.88 Å². The molecule has 2 fully saturated rings. The minimum Gasteiger partial charge on any atom is -0.507 e. The average molecular weight is 545 g/mol. The van der Waals surface area contributed by atoms with Gasteiger partial charge in [-0.3, -0.25) is 19.5 Å². The van der Waals surface area contributed by atoms with E-state index in [0.29, 0.717) is 11.7 Å². The van der Waals surface area contributed by atoms with Crippen LogP contribution in [0.4, 0.5) is 0 Å². The van der Waals surface area contributed by atoms with E-state index in [2.05, 4.69) is 22.0 Å². The van der Waals surface area contributed by atoms with Crippen LogP contribution in [-0.2, 0) is 26.5 Å². The van der Waals surface area contributed by atoms with Crippen molar-refractivity contribution in [2.75, 3.05) is 13.1 Å². The Morgan fingerprint density at radius 1 is 1.03 bits per heavy atom. The number of aliphatic carboxylic acids is 3. The number of nitrogens with zero attached hydrogens (tertiary/aromatic N) is 2. The number of pyridine rings is 1. The topological polar surface area (TPSA) is 189 Å². The van der Waals surface area contributed by atoms with Gasteiger partial charge in [0.15, 0.2) is 5.60 Å². The van der Waals surface area contributed by atoms with Crippen LogP contribution in [0.15, 0.2) is 30.5 Å². The number of aromatic hydroxyl groups is 1. The van der Waals surface area contributed by atoms with E-state index in [-0.39, 0.29) is 5.92 Å². The molecule has 1 aliphatic heterocycles. The van der Waals surface area contributed by atoms with Gasteiger partial charge >= 0.3 is 17.9 Å². The zero-order valence-electron chi connectivity index (χ0n) is 22.3. The minimum absolute atomic E-state index is 0.247. The van der Waals surface area contributed by atoms with Crippen molar-refractivity contribution in [1.29, 1.82) is 0 Å². The maximum atomic E-state index is 11.4. The van der Waals surface area contributed by atoms with E-state index in [9.17, 15) is 24.6 Å². The fourth-order valence-electron chi connectivity index (χ4n) is 5.67. The number of aromatic nitrogens is 1. The standard InChI is InChI=1S/C22H28N2O2.C6H8O7/c1-14-4-5-20(23-10-14)22(26)7-6-18-12-24(13-19(18)22)11-17-8-15(2)21(25)16(3)9-17;7-3(8)1-6(13,5(11)12)2-4(9)10/h4-5,8-10,18-19,25-26H,6-7,11-13H2,1-3H3;13H,1-2H2,(H,7,8)(H,9,10)(H,11,12)/t18-,19+,22-;/m0./s1. The first-order chi connectivity index (χ1) is 18.1. The third-order valence-electron chi connectivity index (χ3n) is 7.62. The van der Waals surface area contributed by atoms with Crippen LogP contribution >= 0.6 is 0 Å². The van der Waals surface area contributed by atoms with Crippen molar-refractivity contribution in [2.24, 2.45) is 11.8 Å². The predicted octanol–water partition coefficient (Wildman–Crippen LogP) is 2.19. The van der Waals surface area contributed by atoms with Crippen LogP contribution in [0.3, 0.4) is 0 Å². The number of aliphatic hydroxyl groups is 2. The number of carboxylic acid groups (broad SMARTS) is 3. The Balaban J connectivity index is 0.000000276. The molecule has 1 aliphatic carbocycles. The molecule has 1 aromatic heterocycles. The molecule has 0 bridgehead atoms. The number of likely N-dealkylation sites (tertiary alicyclic amines) is 1. The lowest BCUT2D eigenvalue weighted by atomic mass is 9.85. The van der Waals surface area contributed by atoms with E-state index in [4.69, 9.17) is 20.4 Å². The van der Waals surface area contributed by atoms with Crippen molar-refractivity contribution >= 4 is 17.9 Å². The number of phenolic OH excluding ortho intramolecular Hbond substituents is 1. The third kappa shape index (κ3) is 6.92. The maximum Gasteiger partial charge on any atom is 0.336 e. The van der Waals surface area contributed by atoms with E-state index in [1.54, 1.807) is 0 Å². The Bertz CT molecular complexity index is 1190. The molecule has 2 aliphatic rings. The summed E-state index contributed by atoms with van der Waals surface area (Å²) in [5.74, 6) is -3.85. The van der Waals surface area contributed by atoms with Gasteiger partial charge in [0.05, 0.1) is 18.5 Å². The van der Waals surface area contributed by atoms with Crippen molar-refractivity contribution in [2.45, 2.75) is 64.2 Å². The molecule has 2 heterocycles. The van der Waals surface area contributed by atoms with Crippen LogP contribution < -0.4 is 0 Å². The predicted molar refractivity (Wildman–Crippen MR) is 139 cm³/mol. The largest absolute Gasteiger partial charge is 0.507 e. The molecule has 0 amide bonds. The zero-order valence-corrected chi connectivity index (χ0v) is 22.3. The minimum atomic E-state index is -2.74. The van der Waals surface area contributed by atoms with Gasteiger partial charge in [-0.15, -0.1) is 0 Å². The van der Waals surface area contributed by atoms with Crippen molar-refractivity contribution in [3.8, 4) is 5.75 Å². The van der Waals surface area contributed by atoms with Gasteiger partial charge in [0.1, 0.15) is 11.4 Å². The van der Waals surface area contributed by atoms with Crippen LogP contribution in [0, 0.1) is 32.6 Å². The zero-order chi connectivity index (χ0) is 29.1. The van der Waals surface area contributed by atoms with Gasteiger partial charge in [-0.25, -0.2) is 4.79 Å². The highest BCUT2D eigenvalue weighted by Crippen LogP contribution is 2.50. The molecule has 11 heteroatoms. The van der Waals surface area contributed by atoms with E-state index in [1.807, 2.05) is 39.1 Å². The molecular weight excluding hydrogens is 508 g/mol. The molecule has 0 unspecified atom stereocenters. The molecule has 0 radical (unpaired) electrons. The number of carboxylic acids is 3. The van der Waals surface area contributed by atoms with Crippen LogP contribution in [0.2, 0.25) is 0 Å². The fourth-order valence-corrected chi connectivity index (χ4v) is 5.67. The van der Waals surface area contributed by atoms with Gasteiger partial charge in [0, 0.05) is 31.7 Å². The molecule has 39 heavy (non-hydrogen) atoms. The molecule has 1 saturated heterocycles. The van der Waals surface area contributed by atoms with Gasteiger partial charge in [-0.1, -0.05) is 18.2 Å². The number of aryl methyl sites for hydroxylation is 3. The molecule has 11 nitrogen and oxygen atoms in total. The first-order valence-corrected chi connectivity index (χ1v) is 12.7. The summed E-state index contributed by atoms with van der Waals surface area (Å²) in [6, 6.07) is 8.18. The summed E-state index contributed by atoms with van der Waals surface area (Å²) in [5, 5.41) is 55.2. The molecule has 3 atom stereocenters. The fraction of sp³-hybridized carbons (Fsp3) is 0.500. The molecule has 0 spiro atoms. The third-order valence-corrected chi connectivity index (χ3v) is 7.62. The number of benzene rings is 1. The van der Waals surface area contributed by atoms with Crippen LogP contribution in [-0.4, -0.2) is 77.1 Å². The summed E-state index contributed by atoms with van der Waals surface area (Å²) >= 11 is 0. The summed E-state index contributed by atoms with van der Waals surface area (Å²) in [6.07, 6.45) is 1.43. The van der Waals surface area contributed by atoms with Crippen molar-refractivity contribution < 1.29 is 45.0 Å². The highest BCUT2D eigenvalue weighted by molar-refractivity contribution is 5.88. The lowest BCUT2D eigenvalue weighted by Gasteiger charge is -2.30. The Hall–Kier alpha value is -3.54. The average Bonchev–Trinajstić information content (AvgIpc) is 3.37. The van der Waals surface area contributed by atoms with Gasteiger partial charge < -0.3 is 30.6 Å². The molecular formula is C28H36N2O9. The Kier molecular flexibility index (Phi) is 8.99. The Labute approximate surface area is 226 Å². The first-order valence-electron chi connectivity index (χ1n) is 12.7. The summed E-state index contributed by atoms with van der Waals surface area (Å²) < 4.78 is 0. The summed E-state index contributed by atoms with van der Waals surface area (Å²) in [4.78, 5) is 37.5.